The zero-order chi connectivity index (χ0) is 11.0. The summed E-state index contributed by atoms with van der Waals surface area (Å²) in [5.74, 6) is -0.405. The Morgan fingerprint density at radius 3 is 2.80 bits per heavy atom. The maximum Gasteiger partial charge on any atom is 0.330 e. The van der Waals surface area contributed by atoms with Gasteiger partial charge in [0.05, 0.1) is 6.10 Å². The molecule has 0 bridgehead atoms. The van der Waals surface area contributed by atoms with Crippen LogP contribution in [0.4, 0.5) is 9.80 Å². The zero-order valence-corrected chi connectivity index (χ0v) is 8.82. The molecule has 3 amide bonds. The lowest BCUT2D eigenvalue weighted by atomic mass is 10.2. The molecule has 1 saturated heterocycles. The average molecular weight is 226 g/mol. The van der Waals surface area contributed by atoms with E-state index in [1.54, 1.807) is 17.5 Å². The Kier molecular flexibility index (Phi) is 2.45. The largest absolute Gasteiger partial charge is 0.391 e. The van der Waals surface area contributed by atoms with Crippen LogP contribution in [-0.2, 0) is 4.79 Å². The fourth-order valence-electron chi connectivity index (χ4n) is 1.43. The summed E-state index contributed by atoms with van der Waals surface area (Å²) in [6.07, 6.45) is -0.883. The molecule has 0 aromatic carbocycles. The molecule has 2 atom stereocenters. The summed E-state index contributed by atoms with van der Waals surface area (Å²) in [6.45, 7) is 1.47. The van der Waals surface area contributed by atoms with Gasteiger partial charge in [0.25, 0.3) is 5.91 Å². The summed E-state index contributed by atoms with van der Waals surface area (Å²) in [5, 5.41) is 14.1. The van der Waals surface area contributed by atoms with E-state index < -0.39 is 24.1 Å². The number of hydrogen-bond acceptors (Lipinski definition) is 4. The summed E-state index contributed by atoms with van der Waals surface area (Å²) < 4.78 is 0. The third kappa shape index (κ3) is 1.62. The normalized spacial score (nSPS) is 23.1. The molecule has 0 saturated carbocycles. The van der Waals surface area contributed by atoms with Gasteiger partial charge in [0.1, 0.15) is 11.0 Å². The third-order valence-corrected chi connectivity index (χ3v) is 3.03. The molecular formula is C9H10N2O3S. The van der Waals surface area contributed by atoms with E-state index >= 15 is 0 Å². The van der Waals surface area contributed by atoms with Gasteiger partial charge in [-0.15, -0.1) is 11.3 Å². The Morgan fingerprint density at radius 1 is 1.60 bits per heavy atom. The van der Waals surface area contributed by atoms with Gasteiger partial charge in [0.2, 0.25) is 0 Å². The van der Waals surface area contributed by atoms with Gasteiger partial charge < -0.3 is 10.4 Å². The molecule has 1 aliphatic rings. The second kappa shape index (κ2) is 3.63. The lowest BCUT2D eigenvalue weighted by Crippen LogP contribution is -2.39. The monoisotopic (exact) mass is 226 g/mol. The highest BCUT2D eigenvalue weighted by Gasteiger charge is 2.41. The van der Waals surface area contributed by atoms with E-state index in [4.69, 9.17) is 0 Å². The molecule has 80 valence electrons. The maximum absolute atomic E-state index is 11.7. The Labute approximate surface area is 90.3 Å². The van der Waals surface area contributed by atoms with Crippen molar-refractivity contribution in [2.75, 3.05) is 4.90 Å². The number of hydrogen-bond donors (Lipinski definition) is 2. The molecule has 0 spiro atoms. The van der Waals surface area contributed by atoms with E-state index in [9.17, 15) is 14.7 Å². The molecule has 5 nitrogen and oxygen atoms in total. The van der Waals surface area contributed by atoms with Crippen molar-refractivity contribution >= 4 is 28.3 Å². The number of urea groups is 1. The SMILES string of the molecule is C[C@@H](O)[C@@H]1NC(=O)N(c2cccs2)C1=O. The van der Waals surface area contributed by atoms with Crippen LogP contribution in [0.1, 0.15) is 6.92 Å². The quantitative estimate of drug-likeness (QED) is 0.724. The topological polar surface area (TPSA) is 69.6 Å². The molecule has 0 radical (unpaired) electrons. The van der Waals surface area contributed by atoms with Gasteiger partial charge >= 0.3 is 6.03 Å². The Morgan fingerprint density at radius 2 is 2.33 bits per heavy atom. The molecule has 1 aromatic rings. The van der Waals surface area contributed by atoms with E-state index in [2.05, 4.69) is 5.32 Å². The van der Waals surface area contributed by atoms with Crippen molar-refractivity contribution in [3.63, 3.8) is 0 Å². The molecule has 1 fully saturated rings. The van der Waals surface area contributed by atoms with Crippen molar-refractivity contribution in [2.45, 2.75) is 19.1 Å². The van der Waals surface area contributed by atoms with Crippen LogP contribution in [0.3, 0.4) is 0 Å². The molecule has 6 heteroatoms. The molecule has 2 heterocycles. The van der Waals surface area contributed by atoms with Crippen molar-refractivity contribution in [1.29, 1.82) is 0 Å². The van der Waals surface area contributed by atoms with Crippen LogP contribution >= 0.6 is 11.3 Å². The van der Waals surface area contributed by atoms with Crippen LogP contribution in [0.15, 0.2) is 17.5 Å². The minimum absolute atomic E-state index is 0.405. The molecule has 1 aromatic heterocycles. The van der Waals surface area contributed by atoms with Crippen molar-refractivity contribution in [3.05, 3.63) is 17.5 Å². The summed E-state index contributed by atoms with van der Waals surface area (Å²) in [7, 11) is 0. The van der Waals surface area contributed by atoms with Gasteiger partial charge in [-0.3, -0.25) is 4.79 Å². The number of thiophene rings is 1. The fraction of sp³-hybridized carbons (Fsp3) is 0.333. The summed E-state index contributed by atoms with van der Waals surface area (Å²) >= 11 is 1.30. The van der Waals surface area contributed by atoms with E-state index in [0.29, 0.717) is 5.00 Å². The van der Waals surface area contributed by atoms with Crippen molar-refractivity contribution in [3.8, 4) is 0 Å². The Hall–Kier alpha value is -1.40. The van der Waals surface area contributed by atoms with Gasteiger partial charge in [-0.25, -0.2) is 9.69 Å². The predicted molar refractivity (Wildman–Crippen MR) is 55.8 cm³/mol. The third-order valence-electron chi connectivity index (χ3n) is 2.18. The summed E-state index contributed by atoms with van der Waals surface area (Å²) in [4.78, 5) is 24.3. The summed E-state index contributed by atoms with van der Waals surface area (Å²) in [6, 6.07) is 2.14. The van der Waals surface area contributed by atoms with Gasteiger partial charge in [0.15, 0.2) is 0 Å². The molecule has 2 rings (SSSR count). The Balaban J connectivity index is 2.28. The molecule has 15 heavy (non-hydrogen) atoms. The van der Waals surface area contributed by atoms with Crippen LogP contribution < -0.4 is 10.2 Å². The highest BCUT2D eigenvalue weighted by molar-refractivity contribution is 7.14. The number of amides is 3. The van der Waals surface area contributed by atoms with Crippen LogP contribution in [0.5, 0.6) is 0 Å². The highest BCUT2D eigenvalue weighted by atomic mass is 32.1. The first-order valence-electron chi connectivity index (χ1n) is 4.47. The van der Waals surface area contributed by atoms with Crippen LogP contribution in [0, 0.1) is 0 Å². The number of aliphatic hydroxyl groups is 1. The number of anilines is 1. The number of aliphatic hydroxyl groups excluding tert-OH is 1. The van der Waals surface area contributed by atoms with Gasteiger partial charge in [-0.05, 0) is 24.4 Å². The number of imide groups is 1. The number of nitrogens with zero attached hydrogens (tertiary/aromatic N) is 1. The lowest BCUT2D eigenvalue weighted by Gasteiger charge is -2.11. The minimum atomic E-state index is -0.883. The van der Waals surface area contributed by atoms with Crippen LogP contribution in [0.25, 0.3) is 0 Å². The van der Waals surface area contributed by atoms with Gasteiger partial charge in [-0.1, -0.05) is 0 Å². The van der Waals surface area contributed by atoms with E-state index in [1.165, 1.54) is 18.3 Å². The van der Waals surface area contributed by atoms with Crippen molar-refractivity contribution in [1.82, 2.24) is 5.32 Å². The fourth-order valence-corrected chi connectivity index (χ4v) is 2.16. The minimum Gasteiger partial charge on any atom is -0.391 e. The van der Waals surface area contributed by atoms with Crippen LogP contribution in [0.2, 0.25) is 0 Å². The molecule has 2 N–H and O–H groups in total. The van der Waals surface area contributed by atoms with Crippen molar-refractivity contribution < 1.29 is 14.7 Å². The second-order valence-electron chi connectivity index (χ2n) is 3.29. The average Bonchev–Trinajstić information content (AvgIpc) is 2.73. The first kappa shape index (κ1) is 10.1. The number of carbonyl (C=O) groups is 2. The smallest absolute Gasteiger partial charge is 0.330 e. The van der Waals surface area contributed by atoms with E-state index in [-0.39, 0.29) is 0 Å². The highest BCUT2D eigenvalue weighted by Crippen LogP contribution is 2.25. The second-order valence-corrected chi connectivity index (χ2v) is 4.22. The standard InChI is InChI=1S/C9H10N2O3S/c1-5(12)7-8(13)11(9(14)10-7)6-3-2-4-15-6/h2-5,7,12H,1H3,(H,10,14)/t5-,7+/m1/s1. The Bertz CT molecular complexity index is 388. The van der Waals surface area contributed by atoms with E-state index in [1.807, 2.05) is 0 Å². The predicted octanol–water partition coefficient (Wildman–Crippen LogP) is 0.554. The summed E-state index contributed by atoms with van der Waals surface area (Å²) in [5.41, 5.74) is 0. The first-order chi connectivity index (χ1) is 7.11. The molecular weight excluding hydrogens is 216 g/mol. The van der Waals surface area contributed by atoms with E-state index in [0.717, 1.165) is 4.90 Å². The lowest BCUT2D eigenvalue weighted by molar-refractivity contribution is -0.120. The number of carbonyl (C=O) groups excluding carboxylic acids is 2. The van der Waals surface area contributed by atoms with Crippen LogP contribution in [-0.4, -0.2) is 29.2 Å². The zero-order valence-electron chi connectivity index (χ0n) is 8.01. The van der Waals surface area contributed by atoms with Crippen molar-refractivity contribution in [2.24, 2.45) is 0 Å². The maximum atomic E-state index is 11.7. The molecule has 0 aliphatic carbocycles. The van der Waals surface area contributed by atoms with Gasteiger partial charge in [-0.2, -0.15) is 0 Å². The number of nitrogens with one attached hydrogen (secondary N) is 1. The first-order valence-corrected chi connectivity index (χ1v) is 5.35. The van der Waals surface area contributed by atoms with Gasteiger partial charge in [0, 0.05) is 0 Å². The molecule has 1 aliphatic heterocycles. The number of rotatable bonds is 2. The molecule has 0 unspecified atom stereocenters.